The van der Waals surface area contributed by atoms with Gasteiger partial charge in [-0.15, -0.1) is 11.3 Å². The van der Waals surface area contributed by atoms with Crippen molar-refractivity contribution in [3.63, 3.8) is 0 Å². The first-order chi connectivity index (χ1) is 8.84. The summed E-state index contributed by atoms with van der Waals surface area (Å²) in [5.41, 5.74) is 1.000. The van der Waals surface area contributed by atoms with E-state index in [1.165, 1.54) is 0 Å². The minimum Gasteiger partial charge on any atom is -0.361 e. The molecular weight excluding hydrogens is 244 g/mol. The second-order valence-corrected chi connectivity index (χ2v) is 4.88. The molecule has 0 aromatic carbocycles. The summed E-state index contributed by atoms with van der Waals surface area (Å²) < 4.78 is 0. The van der Waals surface area contributed by atoms with E-state index in [1.807, 2.05) is 29.6 Å². The van der Waals surface area contributed by atoms with Crippen molar-refractivity contribution in [2.75, 3.05) is 5.32 Å². The second-order valence-electron chi connectivity index (χ2n) is 3.98. The van der Waals surface area contributed by atoms with Crippen molar-refractivity contribution in [2.24, 2.45) is 0 Å². The van der Waals surface area contributed by atoms with Crippen molar-refractivity contribution in [3.05, 3.63) is 47.9 Å². The van der Waals surface area contributed by atoms with Gasteiger partial charge in [0.05, 0.1) is 17.1 Å². The van der Waals surface area contributed by atoms with Crippen LogP contribution in [0.2, 0.25) is 0 Å². The topological polar surface area (TPSA) is 50.7 Å². The Morgan fingerprint density at radius 2 is 2.11 bits per heavy atom. The highest BCUT2D eigenvalue weighted by Gasteiger charge is 2.10. The van der Waals surface area contributed by atoms with Crippen LogP contribution < -0.4 is 5.32 Å². The maximum Gasteiger partial charge on any atom is 0.138 e. The molecule has 0 radical (unpaired) electrons. The van der Waals surface area contributed by atoms with Gasteiger partial charge in [-0.05, 0) is 30.5 Å². The summed E-state index contributed by atoms with van der Waals surface area (Å²) in [6, 6.07) is 8.06. The number of aromatic nitrogens is 3. The maximum atomic E-state index is 4.34. The molecule has 0 aliphatic carbocycles. The third-order valence-corrected chi connectivity index (χ3v) is 3.57. The van der Waals surface area contributed by atoms with E-state index in [1.54, 1.807) is 23.9 Å². The van der Waals surface area contributed by atoms with Crippen LogP contribution in [0.25, 0.3) is 10.2 Å². The van der Waals surface area contributed by atoms with E-state index < -0.39 is 0 Å². The number of nitrogens with zero attached hydrogens (tertiary/aromatic N) is 3. The highest BCUT2D eigenvalue weighted by molar-refractivity contribution is 7.16. The third-order valence-electron chi connectivity index (χ3n) is 2.75. The first kappa shape index (κ1) is 11.1. The standard InChI is InChI=1S/C13H12N4S/c1-9(11-4-2-3-6-14-11)17-12-10-5-7-18-13(10)16-8-15-12/h2-9H,1H3,(H,15,16,17). The smallest absolute Gasteiger partial charge is 0.138 e. The van der Waals surface area contributed by atoms with Crippen LogP contribution in [0.4, 0.5) is 5.82 Å². The Hall–Kier alpha value is -2.01. The predicted molar refractivity (Wildman–Crippen MR) is 73.7 cm³/mol. The van der Waals surface area contributed by atoms with Crippen LogP contribution in [0.15, 0.2) is 42.2 Å². The van der Waals surface area contributed by atoms with Gasteiger partial charge in [0.2, 0.25) is 0 Å². The Labute approximate surface area is 109 Å². The van der Waals surface area contributed by atoms with Crippen LogP contribution in [-0.4, -0.2) is 15.0 Å². The summed E-state index contributed by atoms with van der Waals surface area (Å²) >= 11 is 1.62. The summed E-state index contributed by atoms with van der Waals surface area (Å²) in [5.74, 6) is 0.861. The van der Waals surface area contributed by atoms with Gasteiger partial charge in [0, 0.05) is 6.20 Å². The minimum atomic E-state index is 0.115. The molecular formula is C13H12N4S. The fraction of sp³-hybridized carbons (Fsp3) is 0.154. The lowest BCUT2D eigenvalue weighted by Gasteiger charge is -2.14. The number of rotatable bonds is 3. The number of fused-ring (bicyclic) bond motifs is 1. The monoisotopic (exact) mass is 256 g/mol. The Balaban J connectivity index is 1.91. The molecule has 1 unspecified atom stereocenters. The van der Waals surface area contributed by atoms with E-state index in [9.17, 15) is 0 Å². The van der Waals surface area contributed by atoms with Crippen LogP contribution in [0.3, 0.4) is 0 Å². The molecule has 3 rings (SSSR count). The largest absolute Gasteiger partial charge is 0.361 e. The molecule has 0 bridgehead atoms. The van der Waals surface area contributed by atoms with E-state index in [-0.39, 0.29) is 6.04 Å². The Kier molecular flexibility index (Phi) is 2.90. The van der Waals surface area contributed by atoms with Crippen LogP contribution >= 0.6 is 11.3 Å². The van der Waals surface area contributed by atoms with E-state index in [0.717, 1.165) is 21.7 Å². The zero-order chi connectivity index (χ0) is 12.4. The molecule has 3 aromatic rings. The third kappa shape index (κ3) is 2.04. The summed E-state index contributed by atoms with van der Waals surface area (Å²) in [7, 11) is 0. The number of nitrogens with one attached hydrogen (secondary N) is 1. The number of anilines is 1. The molecule has 3 heterocycles. The highest BCUT2D eigenvalue weighted by atomic mass is 32.1. The van der Waals surface area contributed by atoms with Crippen LogP contribution in [-0.2, 0) is 0 Å². The van der Waals surface area contributed by atoms with E-state index in [4.69, 9.17) is 0 Å². The van der Waals surface area contributed by atoms with Crippen molar-refractivity contribution >= 4 is 27.4 Å². The summed E-state index contributed by atoms with van der Waals surface area (Å²) in [4.78, 5) is 13.9. The van der Waals surface area contributed by atoms with Gasteiger partial charge in [-0.2, -0.15) is 0 Å². The van der Waals surface area contributed by atoms with Gasteiger partial charge in [-0.25, -0.2) is 9.97 Å². The molecule has 0 amide bonds. The fourth-order valence-corrected chi connectivity index (χ4v) is 2.55. The molecule has 0 spiro atoms. The average Bonchev–Trinajstić information content (AvgIpc) is 2.89. The second kappa shape index (κ2) is 4.70. The fourth-order valence-electron chi connectivity index (χ4n) is 1.82. The normalized spacial score (nSPS) is 12.5. The Bertz CT molecular complexity index is 650. The van der Waals surface area contributed by atoms with E-state index in [0.29, 0.717) is 0 Å². The van der Waals surface area contributed by atoms with Crippen molar-refractivity contribution in [2.45, 2.75) is 13.0 Å². The molecule has 0 aliphatic rings. The molecule has 18 heavy (non-hydrogen) atoms. The molecule has 1 atom stereocenters. The molecule has 0 fully saturated rings. The number of hydrogen-bond acceptors (Lipinski definition) is 5. The number of pyridine rings is 1. The predicted octanol–water partition coefficient (Wildman–Crippen LogP) is 3.26. The number of thiophene rings is 1. The maximum absolute atomic E-state index is 4.34. The van der Waals surface area contributed by atoms with Gasteiger partial charge in [0.25, 0.3) is 0 Å². The first-order valence-corrected chi connectivity index (χ1v) is 6.58. The zero-order valence-corrected chi connectivity index (χ0v) is 10.7. The molecule has 0 saturated heterocycles. The van der Waals surface area contributed by atoms with Gasteiger partial charge in [0.15, 0.2) is 0 Å². The Morgan fingerprint density at radius 3 is 2.94 bits per heavy atom. The van der Waals surface area contributed by atoms with E-state index in [2.05, 4.69) is 27.2 Å². The lowest BCUT2D eigenvalue weighted by Crippen LogP contribution is -2.09. The van der Waals surface area contributed by atoms with Crippen molar-refractivity contribution in [1.82, 2.24) is 15.0 Å². The molecule has 5 heteroatoms. The van der Waals surface area contributed by atoms with Crippen molar-refractivity contribution in [1.29, 1.82) is 0 Å². The quantitative estimate of drug-likeness (QED) is 0.781. The molecule has 4 nitrogen and oxygen atoms in total. The van der Waals surface area contributed by atoms with Crippen molar-refractivity contribution in [3.8, 4) is 0 Å². The van der Waals surface area contributed by atoms with Gasteiger partial charge in [-0.1, -0.05) is 6.07 Å². The summed E-state index contributed by atoms with van der Waals surface area (Å²) in [5, 5.41) is 6.46. The summed E-state index contributed by atoms with van der Waals surface area (Å²) in [6.45, 7) is 2.07. The minimum absolute atomic E-state index is 0.115. The van der Waals surface area contributed by atoms with Crippen LogP contribution in [0.1, 0.15) is 18.7 Å². The first-order valence-electron chi connectivity index (χ1n) is 5.70. The van der Waals surface area contributed by atoms with Gasteiger partial charge >= 0.3 is 0 Å². The zero-order valence-electron chi connectivity index (χ0n) is 9.87. The van der Waals surface area contributed by atoms with Crippen molar-refractivity contribution < 1.29 is 0 Å². The summed E-state index contributed by atoms with van der Waals surface area (Å²) in [6.07, 6.45) is 3.39. The van der Waals surface area contributed by atoms with Crippen LogP contribution in [0, 0.1) is 0 Å². The number of hydrogen-bond donors (Lipinski definition) is 1. The van der Waals surface area contributed by atoms with Gasteiger partial charge in [-0.3, -0.25) is 4.98 Å². The lowest BCUT2D eigenvalue weighted by molar-refractivity contribution is 0.833. The van der Waals surface area contributed by atoms with E-state index >= 15 is 0 Å². The average molecular weight is 256 g/mol. The molecule has 3 aromatic heterocycles. The molecule has 1 N–H and O–H groups in total. The lowest BCUT2D eigenvalue weighted by atomic mass is 10.2. The van der Waals surface area contributed by atoms with Gasteiger partial charge in [0.1, 0.15) is 17.0 Å². The highest BCUT2D eigenvalue weighted by Crippen LogP contribution is 2.26. The molecule has 0 saturated carbocycles. The van der Waals surface area contributed by atoms with Gasteiger partial charge < -0.3 is 5.32 Å². The molecule has 90 valence electrons. The molecule has 0 aliphatic heterocycles. The Morgan fingerprint density at radius 1 is 1.17 bits per heavy atom. The van der Waals surface area contributed by atoms with Crippen LogP contribution in [0.5, 0.6) is 0 Å². The SMILES string of the molecule is CC(Nc1ncnc2sccc12)c1ccccn1.